The number of para-hydroxylation sites is 1. The molecule has 4 bridgehead atoms. The molecule has 2 aromatic rings. The van der Waals surface area contributed by atoms with Crippen molar-refractivity contribution in [1.82, 2.24) is 0 Å². The molecule has 0 radical (unpaired) electrons. The minimum absolute atomic E-state index is 0.0903. The fourth-order valence-electron chi connectivity index (χ4n) is 6.18. The third kappa shape index (κ3) is 3.79. The van der Waals surface area contributed by atoms with Gasteiger partial charge >= 0.3 is 0 Å². The Morgan fingerprint density at radius 2 is 1.46 bits per heavy atom. The van der Waals surface area contributed by atoms with Crippen molar-refractivity contribution in [3.8, 4) is 11.5 Å². The fourth-order valence-corrected chi connectivity index (χ4v) is 6.18. The van der Waals surface area contributed by atoms with Crippen LogP contribution in [0.5, 0.6) is 11.5 Å². The number of carbonyl (C=O) groups is 1. The average molecular weight is 378 g/mol. The van der Waals surface area contributed by atoms with Crippen molar-refractivity contribution in [2.75, 3.05) is 11.9 Å². The molecular weight excluding hydrogens is 348 g/mol. The van der Waals surface area contributed by atoms with Gasteiger partial charge in [0.2, 0.25) is 0 Å². The van der Waals surface area contributed by atoms with E-state index in [1.54, 1.807) is 0 Å². The van der Waals surface area contributed by atoms with Crippen LogP contribution in [0.4, 0.5) is 5.69 Å². The maximum absolute atomic E-state index is 12.5. The van der Waals surface area contributed by atoms with E-state index in [1.807, 2.05) is 54.6 Å². The molecule has 4 heteroatoms. The van der Waals surface area contributed by atoms with E-state index < -0.39 is 0 Å². The van der Waals surface area contributed by atoms with Gasteiger partial charge in [0, 0.05) is 24.9 Å². The molecule has 2 aromatic carbocycles. The summed E-state index contributed by atoms with van der Waals surface area (Å²) < 4.78 is 5.80. The van der Waals surface area contributed by atoms with Crippen LogP contribution >= 0.6 is 0 Å². The topological polar surface area (TPSA) is 54.9 Å². The number of hydrogen-bond donors (Lipinski definition) is 2. The van der Waals surface area contributed by atoms with Crippen LogP contribution < -0.4 is 15.4 Å². The highest BCUT2D eigenvalue weighted by molar-refractivity contribution is 5.91. The summed E-state index contributed by atoms with van der Waals surface area (Å²) in [4.78, 5) is 12.5. The zero-order chi connectivity index (χ0) is 19.0. The molecule has 0 atom stereocenters. The third-order valence-electron chi connectivity index (χ3n) is 6.92. The number of carbonyl (C=O) groups excluding carboxylic acids is 1. The molecule has 4 nitrogen and oxygen atoms in total. The first-order chi connectivity index (χ1) is 13.7. The summed E-state index contributed by atoms with van der Waals surface area (Å²) in [7, 11) is 0. The van der Waals surface area contributed by atoms with Crippen molar-refractivity contribution >= 4 is 11.6 Å². The number of nitrogens with one attached hydrogen (secondary N) is 1. The summed E-state index contributed by atoms with van der Waals surface area (Å²) in [5.74, 6) is 4.43. The van der Waals surface area contributed by atoms with Gasteiger partial charge in [0.25, 0.3) is 5.91 Å². The number of amides is 1. The van der Waals surface area contributed by atoms with E-state index in [4.69, 9.17) is 4.74 Å². The van der Waals surface area contributed by atoms with Gasteiger partial charge in [-0.3, -0.25) is 4.79 Å². The van der Waals surface area contributed by atoms with Crippen LogP contribution in [0.3, 0.4) is 0 Å². The van der Waals surface area contributed by atoms with Gasteiger partial charge in [-0.05, 0) is 73.4 Å². The van der Waals surface area contributed by atoms with Crippen LogP contribution in [0, 0.1) is 17.8 Å². The van der Waals surface area contributed by atoms with Crippen LogP contribution in [0.15, 0.2) is 54.6 Å². The van der Waals surface area contributed by atoms with Gasteiger partial charge in [-0.2, -0.15) is 0 Å². The molecule has 6 rings (SSSR count). The molecule has 28 heavy (non-hydrogen) atoms. The smallest absolute Gasteiger partial charge is 0.279 e. The standard InChI is InChI=1S/C24H28N2O2/c27-23(16-25-24-13-17-10-18(14-24)12-19(11-17)15-24)26-20-6-8-22(9-7-20)28-21-4-2-1-3-5-21/h1-9,17-19,25H,10-16H2,(H,26,27)/p+1. The molecule has 0 heterocycles. The van der Waals surface area contributed by atoms with E-state index in [2.05, 4.69) is 10.6 Å². The van der Waals surface area contributed by atoms with Crippen LogP contribution in [0.2, 0.25) is 0 Å². The monoisotopic (exact) mass is 377 g/mol. The minimum Gasteiger partial charge on any atom is -0.457 e. The van der Waals surface area contributed by atoms with Gasteiger partial charge < -0.3 is 15.4 Å². The van der Waals surface area contributed by atoms with Crippen molar-refractivity contribution in [2.45, 2.75) is 44.1 Å². The van der Waals surface area contributed by atoms with E-state index >= 15 is 0 Å². The predicted octanol–water partition coefficient (Wildman–Crippen LogP) is 3.95. The Hall–Kier alpha value is -2.33. The molecule has 4 fully saturated rings. The SMILES string of the molecule is O=C(C[NH2+]C12CC3CC(CC(C3)C1)C2)Nc1ccc(Oc2ccccc2)cc1. The fraction of sp³-hybridized carbons (Fsp3) is 0.458. The number of anilines is 1. The number of benzene rings is 2. The third-order valence-corrected chi connectivity index (χ3v) is 6.92. The van der Waals surface area contributed by atoms with Gasteiger partial charge in [0.1, 0.15) is 11.5 Å². The largest absolute Gasteiger partial charge is 0.457 e. The summed E-state index contributed by atoms with van der Waals surface area (Å²) in [6.45, 7) is 0.522. The van der Waals surface area contributed by atoms with Gasteiger partial charge in [0.15, 0.2) is 6.54 Å². The lowest BCUT2D eigenvalue weighted by molar-refractivity contribution is -0.729. The average Bonchev–Trinajstić information content (AvgIpc) is 2.68. The van der Waals surface area contributed by atoms with E-state index in [9.17, 15) is 4.79 Å². The van der Waals surface area contributed by atoms with E-state index in [-0.39, 0.29) is 5.91 Å². The van der Waals surface area contributed by atoms with Crippen molar-refractivity contribution in [2.24, 2.45) is 17.8 Å². The second-order valence-electron chi connectivity index (χ2n) is 9.18. The second-order valence-corrected chi connectivity index (χ2v) is 9.18. The molecule has 146 valence electrons. The molecule has 3 N–H and O–H groups in total. The normalized spacial score (nSPS) is 30.2. The number of ether oxygens (including phenoxy) is 1. The maximum Gasteiger partial charge on any atom is 0.279 e. The first-order valence-electron chi connectivity index (χ1n) is 10.6. The number of quaternary nitrogens is 1. The Morgan fingerprint density at radius 3 is 2.07 bits per heavy atom. The van der Waals surface area contributed by atoms with E-state index in [1.165, 1.54) is 38.5 Å². The van der Waals surface area contributed by atoms with E-state index in [0.717, 1.165) is 34.9 Å². The lowest BCUT2D eigenvalue weighted by Gasteiger charge is -2.54. The quantitative estimate of drug-likeness (QED) is 0.801. The summed E-state index contributed by atoms with van der Waals surface area (Å²) >= 11 is 0. The molecule has 4 saturated carbocycles. The Kier molecular flexibility index (Phi) is 4.59. The summed E-state index contributed by atoms with van der Waals surface area (Å²) in [5.41, 5.74) is 1.17. The zero-order valence-corrected chi connectivity index (χ0v) is 16.3. The van der Waals surface area contributed by atoms with Crippen LogP contribution in [-0.2, 0) is 4.79 Å². The summed E-state index contributed by atoms with van der Waals surface area (Å²) in [6.07, 6.45) is 8.28. The number of hydrogen-bond acceptors (Lipinski definition) is 2. The van der Waals surface area contributed by atoms with Crippen molar-refractivity contribution in [3.63, 3.8) is 0 Å². The maximum atomic E-state index is 12.5. The van der Waals surface area contributed by atoms with Crippen LogP contribution in [0.25, 0.3) is 0 Å². The van der Waals surface area contributed by atoms with Crippen molar-refractivity contribution in [3.05, 3.63) is 54.6 Å². The highest BCUT2D eigenvalue weighted by Gasteiger charge is 2.53. The number of nitrogens with two attached hydrogens (primary N) is 1. The van der Waals surface area contributed by atoms with Crippen LogP contribution in [-0.4, -0.2) is 18.0 Å². The van der Waals surface area contributed by atoms with Crippen LogP contribution in [0.1, 0.15) is 38.5 Å². The van der Waals surface area contributed by atoms with Gasteiger partial charge in [-0.1, -0.05) is 18.2 Å². The lowest BCUT2D eigenvalue weighted by atomic mass is 9.53. The Bertz CT molecular complexity index is 796. The molecule has 4 aliphatic carbocycles. The van der Waals surface area contributed by atoms with Gasteiger partial charge in [-0.25, -0.2) is 0 Å². The molecule has 0 unspecified atom stereocenters. The van der Waals surface area contributed by atoms with Gasteiger partial charge in [-0.15, -0.1) is 0 Å². The highest BCUT2D eigenvalue weighted by Crippen LogP contribution is 2.54. The predicted molar refractivity (Wildman–Crippen MR) is 109 cm³/mol. The Labute approximate surface area is 166 Å². The highest BCUT2D eigenvalue weighted by atomic mass is 16.5. The minimum atomic E-state index is 0.0903. The molecule has 0 spiro atoms. The zero-order valence-electron chi connectivity index (χ0n) is 16.3. The summed E-state index contributed by atoms with van der Waals surface area (Å²) in [6, 6.07) is 17.3. The van der Waals surface area contributed by atoms with Crippen molar-refractivity contribution in [1.29, 1.82) is 0 Å². The Morgan fingerprint density at radius 1 is 0.893 bits per heavy atom. The molecule has 0 aromatic heterocycles. The second kappa shape index (κ2) is 7.25. The first kappa shape index (κ1) is 17.7. The number of rotatable bonds is 6. The van der Waals surface area contributed by atoms with E-state index in [0.29, 0.717) is 12.1 Å². The van der Waals surface area contributed by atoms with Crippen molar-refractivity contribution < 1.29 is 14.8 Å². The molecule has 0 aliphatic heterocycles. The Balaban J connectivity index is 1.14. The molecule has 4 aliphatic rings. The molecule has 1 amide bonds. The lowest BCUT2D eigenvalue weighted by Crippen LogP contribution is -3.00. The molecule has 0 saturated heterocycles. The van der Waals surface area contributed by atoms with Gasteiger partial charge in [0.05, 0.1) is 5.54 Å². The molecular formula is C24H29N2O2+. The first-order valence-corrected chi connectivity index (χ1v) is 10.6. The summed E-state index contributed by atoms with van der Waals surface area (Å²) in [5, 5.41) is 5.40.